The Morgan fingerprint density at radius 1 is 1.21 bits per heavy atom. The molecule has 0 aliphatic heterocycles. The van der Waals surface area contributed by atoms with Crippen LogP contribution in [0.25, 0.3) is 11.1 Å². The second-order valence-corrected chi connectivity index (χ2v) is 14.3. The highest BCUT2D eigenvalue weighted by Crippen LogP contribution is 2.36. The SMILES string of the molecule is Cc1ncc(NC(=O)O)cc1-c1cc(CC(O)CO)nc(OCCO[Si](C)(C)C(C)(C)C)c1. The van der Waals surface area contributed by atoms with Crippen LogP contribution in [0.3, 0.4) is 0 Å². The van der Waals surface area contributed by atoms with Crippen LogP contribution in [-0.4, -0.2) is 65.6 Å². The molecule has 2 aromatic rings. The molecule has 2 aromatic heterocycles. The van der Waals surface area contributed by atoms with Crippen LogP contribution in [0.2, 0.25) is 18.1 Å². The second-order valence-electron chi connectivity index (χ2n) is 9.47. The van der Waals surface area contributed by atoms with E-state index in [1.807, 2.05) is 6.92 Å². The van der Waals surface area contributed by atoms with E-state index in [4.69, 9.17) is 14.3 Å². The second kappa shape index (κ2) is 11.1. The van der Waals surface area contributed by atoms with E-state index in [1.165, 1.54) is 6.20 Å². The Morgan fingerprint density at radius 3 is 2.52 bits per heavy atom. The molecule has 0 bridgehead atoms. The molecule has 0 saturated carbocycles. The fourth-order valence-electron chi connectivity index (χ4n) is 2.88. The number of hydrogen-bond acceptors (Lipinski definition) is 7. The molecule has 0 aliphatic carbocycles. The van der Waals surface area contributed by atoms with Crippen molar-refractivity contribution in [3.8, 4) is 17.0 Å². The van der Waals surface area contributed by atoms with Gasteiger partial charge < -0.3 is 24.5 Å². The maximum atomic E-state index is 11.0. The maximum Gasteiger partial charge on any atom is 0.409 e. The molecule has 0 aliphatic rings. The Kier molecular flexibility index (Phi) is 8.95. The normalized spacial score (nSPS) is 13.0. The first-order valence-electron chi connectivity index (χ1n) is 10.9. The quantitative estimate of drug-likeness (QED) is 0.300. The minimum Gasteiger partial charge on any atom is -0.475 e. The molecule has 0 aromatic carbocycles. The summed E-state index contributed by atoms with van der Waals surface area (Å²) in [7, 11) is -1.90. The number of rotatable bonds is 10. The summed E-state index contributed by atoms with van der Waals surface area (Å²) in [5.41, 5.74) is 2.97. The van der Waals surface area contributed by atoms with Crippen LogP contribution in [0.5, 0.6) is 5.88 Å². The highest BCUT2D eigenvalue weighted by atomic mass is 28.4. The number of carboxylic acid groups (broad SMARTS) is 1. The molecule has 182 valence electrons. The Labute approximate surface area is 195 Å². The molecule has 0 saturated heterocycles. The lowest BCUT2D eigenvalue weighted by atomic mass is 10.0. The fraction of sp³-hybridized carbons (Fsp3) is 0.522. The van der Waals surface area contributed by atoms with E-state index >= 15 is 0 Å². The third-order valence-electron chi connectivity index (χ3n) is 5.76. The van der Waals surface area contributed by atoms with Gasteiger partial charge in [0.1, 0.15) is 6.61 Å². The lowest BCUT2D eigenvalue weighted by molar-refractivity contribution is 0.0945. The zero-order valence-corrected chi connectivity index (χ0v) is 21.2. The van der Waals surface area contributed by atoms with Crippen molar-refractivity contribution in [1.82, 2.24) is 9.97 Å². The van der Waals surface area contributed by atoms with E-state index in [0.717, 1.165) is 0 Å². The number of aryl methyl sites for hydroxylation is 1. The summed E-state index contributed by atoms with van der Waals surface area (Å²) >= 11 is 0. The van der Waals surface area contributed by atoms with Gasteiger partial charge in [0.15, 0.2) is 8.32 Å². The lowest BCUT2D eigenvalue weighted by Gasteiger charge is -2.36. The number of hydrogen-bond donors (Lipinski definition) is 4. The zero-order chi connectivity index (χ0) is 24.8. The molecule has 33 heavy (non-hydrogen) atoms. The first-order valence-corrected chi connectivity index (χ1v) is 13.8. The minimum atomic E-state index is -1.90. The summed E-state index contributed by atoms with van der Waals surface area (Å²) in [5.74, 6) is 0.350. The molecule has 4 N–H and O–H groups in total. The molecule has 2 heterocycles. The topological polar surface area (TPSA) is 134 Å². The van der Waals surface area contributed by atoms with Crippen LogP contribution in [0.1, 0.15) is 32.2 Å². The van der Waals surface area contributed by atoms with Crippen LogP contribution < -0.4 is 10.1 Å². The van der Waals surface area contributed by atoms with Crippen LogP contribution in [0.4, 0.5) is 10.5 Å². The maximum absolute atomic E-state index is 11.0. The van der Waals surface area contributed by atoms with Gasteiger partial charge in [-0.3, -0.25) is 10.3 Å². The smallest absolute Gasteiger partial charge is 0.409 e. The van der Waals surface area contributed by atoms with Crippen molar-refractivity contribution in [3.63, 3.8) is 0 Å². The van der Waals surface area contributed by atoms with Gasteiger partial charge in [-0.05, 0) is 42.8 Å². The standard InChI is InChI=1S/C23H35N3O6Si/c1-15-20(12-18(13-24-15)26-22(29)30)16-9-17(11-19(28)14-27)25-21(10-16)31-7-8-32-33(5,6)23(2,3)4/h9-10,12-13,19,26-28H,7-8,11,14H2,1-6H3,(H,29,30). The zero-order valence-electron chi connectivity index (χ0n) is 20.2. The van der Waals surface area contributed by atoms with E-state index in [9.17, 15) is 15.0 Å². The predicted octanol–water partition coefficient (Wildman–Crippen LogP) is 3.84. The van der Waals surface area contributed by atoms with Gasteiger partial charge in [0, 0.05) is 29.4 Å². The number of nitrogens with zero attached hydrogens (tertiary/aromatic N) is 2. The molecule has 2 rings (SSSR count). The van der Waals surface area contributed by atoms with E-state index in [1.54, 1.807) is 18.2 Å². The van der Waals surface area contributed by atoms with Gasteiger partial charge in [-0.15, -0.1) is 0 Å². The summed E-state index contributed by atoms with van der Waals surface area (Å²) in [6.07, 6.45) is -0.554. The van der Waals surface area contributed by atoms with Gasteiger partial charge in [0.05, 0.1) is 31.2 Å². The average molecular weight is 478 g/mol. The predicted molar refractivity (Wildman–Crippen MR) is 129 cm³/mol. The van der Waals surface area contributed by atoms with Crippen LogP contribution in [-0.2, 0) is 10.8 Å². The van der Waals surface area contributed by atoms with Gasteiger partial charge in [0.2, 0.25) is 5.88 Å². The number of aliphatic hydroxyl groups is 2. The van der Waals surface area contributed by atoms with Crippen molar-refractivity contribution in [1.29, 1.82) is 0 Å². The van der Waals surface area contributed by atoms with E-state index in [-0.39, 0.29) is 18.1 Å². The summed E-state index contributed by atoms with van der Waals surface area (Å²) in [5, 5.41) is 30.6. The van der Waals surface area contributed by atoms with Crippen molar-refractivity contribution in [2.24, 2.45) is 0 Å². The van der Waals surface area contributed by atoms with Gasteiger partial charge in [-0.2, -0.15) is 0 Å². The van der Waals surface area contributed by atoms with Crippen LogP contribution >= 0.6 is 0 Å². The molecular formula is C23H35N3O6Si. The molecule has 10 heteroatoms. The molecule has 1 amide bonds. The van der Waals surface area contributed by atoms with Gasteiger partial charge in [-0.1, -0.05) is 20.8 Å². The van der Waals surface area contributed by atoms with Crippen molar-refractivity contribution in [3.05, 3.63) is 35.8 Å². The number of aromatic nitrogens is 2. The van der Waals surface area contributed by atoms with E-state index in [0.29, 0.717) is 47.3 Å². The summed E-state index contributed by atoms with van der Waals surface area (Å²) < 4.78 is 12.0. The Balaban J connectivity index is 2.29. The largest absolute Gasteiger partial charge is 0.475 e. The van der Waals surface area contributed by atoms with Crippen molar-refractivity contribution in [2.45, 2.75) is 58.4 Å². The number of anilines is 1. The third-order valence-corrected chi connectivity index (χ3v) is 10.3. The minimum absolute atomic E-state index is 0.0955. The fourth-order valence-corrected chi connectivity index (χ4v) is 3.90. The Hall–Kier alpha value is -2.53. The molecular weight excluding hydrogens is 442 g/mol. The Bertz CT molecular complexity index is 962. The van der Waals surface area contributed by atoms with Crippen molar-refractivity contribution in [2.75, 3.05) is 25.1 Å². The summed E-state index contributed by atoms with van der Waals surface area (Å²) in [6.45, 7) is 13.0. The highest BCUT2D eigenvalue weighted by Gasteiger charge is 2.36. The van der Waals surface area contributed by atoms with E-state index < -0.39 is 20.5 Å². The first-order chi connectivity index (χ1) is 15.3. The number of amides is 1. The monoisotopic (exact) mass is 477 g/mol. The number of nitrogens with one attached hydrogen (secondary N) is 1. The number of aliphatic hydroxyl groups excluding tert-OH is 2. The van der Waals surface area contributed by atoms with Crippen molar-refractivity contribution < 1.29 is 29.3 Å². The summed E-state index contributed by atoms with van der Waals surface area (Å²) in [6, 6.07) is 5.20. The molecule has 0 spiro atoms. The molecule has 1 atom stereocenters. The number of pyridine rings is 2. The first kappa shape index (κ1) is 26.7. The number of ether oxygens (including phenoxy) is 1. The van der Waals surface area contributed by atoms with Gasteiger partial charge in [-0.25, -0.2) is 9.78 Å². The molecule has 0 radical (unpaired) electrons. The van der Waals surface area contributed by atoms with Gasteiger partial charge in [0.25, 0.3) is 0 Å². The molecule has 1 unspecified atom stereocenters. The Morgan fingerprint density at radius 2 is 1.91 bits per heavy atom. The number of carbonyl (C=O) groups is 1. The van der Waals surface area contributed by atoms with Crippen LogP contribution in [0, 0.1) is 6.92 Å². The van der Waals surface area contributed by atoms with E-state index in [2.05, 4.69) is 49.1 Å². The average Bonchev–Trinajstić information content (AvgIpc) is 2.71. The third kappa shape index (κ3) is 7.78. The van der Waals surface area contributed by atoms with Crippen LogP contribution in [0.15, 0.2) is 24.4 Å². The molecule has 9 nitrogen and oxygen atoms in total. The van der Waals surface area contributed by atoms with Gasteiger partial charge >= 0.3 is 6.09 Å². The summed E-state index contributed by atoms with van der Waals surface area (Å²) in [4.78, 5) is 19.8. The highest BCUT2D eigenvalue weighted by molar-refractivity contribution is 6.74. The van der Waals surface area contributed by atoms with Crippen molar-refractivity contribution >= 4 is 20.1 Å². The lowest BCUT2D eigenvalue weighted by Crippen LogP contribution is -2.41. The molecule has 0 fully saturated rings.